The van der Waals surface area contributed by atoms with Gasteiger partial charge >= 0.3 is 6.09 Å². The number of ether oxygens (including phenoxy) is 3. The summed E-state index contributed by atoms with van der Waals surface area (Å²) < 4.78 is 18.7. The molecular formula is C37H46N4O5. The number of aryl methyl sites for hydroxylation is 1. The predicted octanol–water partition coefficient (Wildman–Crippen LogP) is 6.76. The van der Waals surface area contributed by atoms with Gasteiger partial charge in [-0.3, -0.25) is 14.3 Å². The summed E-state index contributed by atoms with van der Waals surface area (Å²) in [7, 11) is 3.14. The molecule has 2 atom stereocenters. The topological polar surface area (TPSA) is 86.1 Å². The van der Waals surface area contributed by atoms with Gasteiger partial charge in [0.1, 0.15) is 11.4 Å². The van der Waals surface area contributed by atoms with Crippen LogP contribution in [0.2, 0.25) is 0 Å². The van der Waals surface area contributed by atoms with Crippen molar-refractivity contribution in [1.82, 2.24) is 19.4 Å². The molecule has 9 heteroatoms. The van der Waals surface area contributed by atoms with Crippen molar-refractivity contribution in [3.63, 3.8) is 0 Å². The van der Waals surface area contributed by atoms with Gasteiger partial charge in [-0.15, -0.1) is 0 Å². The van der Waals surface area contributed by atoms with Gasteiger partial charge in [0.25, 0.3) is 5.56 Å². The van der Waals surface area contributed by atoms with E-state index in [1.54, 1.807) is 35.8 Å². The van der Waals surface area contributed by atoms with E-state index in [1.807, 2.05) is 51.1 Å². The summed E-state index contributed by atoms with van der Waals surface area (Å²) in [4.78, 5) is 37.2. The van der Waals surface area contributed by atoms with E-state index in [1.165, 1.54) is 0 Å². The quantitative estimate of drug-likeness (QED) is 0.214. The largest absolute Gasteiger partial charge is 0.493 e. The number of methoxy groups -OCH3 is 2. The number of nitrogens with zero attached hydrogens (tertiary/aromatic N) is 4. The Bertz CT molecular complexity index is 1730. The van der Waals surface area contributed by atoms with Crippen molar-refractivity contribution in [2.45, 2.75) is 65.8 Å². The monoisotopic (exact) mass is 626 g/mol. The third kappa shape index (κ3) is 7.04. The van der Waals surface area contributed by atoms with Crippen molar-refractivity contribution < 1.29 is 19.0 Å². The van der Waals surface area contributed by atoms with E-state index in [2.05, 4.69) is 49.9 Å². The lowest BCUT2D eigenvalue weighted by Crippen LogP contribution is -2.53. The zero-order chi connectivity index (χ0) is 33.2. The lowest BCUT2D eigenvalue weighted by molar-refractivity contribution is -0.0132. The molecule has 3 aromatic carbocycles. The number of aromatic nitrogens is 2. The van der Waals surface area contributed by atoms with E-state index in [4.69, 9.17) is 19.2 Å². The van der Waals surface area contributed by atoms with Crippen molar-refractivity contribution in [3.8, 4) is 11.5 Å². The molecule has 0 spiro atoms. The number of piperazine rings is 1. The smallest absolute Gasteiger partial charge is 0.410 e. The standard InChI is InChI=1S/C37H46N4O5/c1-24(2)33(40-19-18-39(36(43)46-37(4,5)6)23-30(40)27-16-14-25(3)15-17-27)34-38-29-21-32(45-8)31(44-7)20-28(29)35(42)41(34)22-26-12-10-9-11-13-26/h9-17,20-21,24,30,33H,18-19,22-23H2,1-8H3. The number of rotatable bonds is 8. The van der Waals surface area contributed by atoms with Gasteiger partial charge in [0, 0.05) is 25.7 Å². The summed E-state index contributed by atoms with van der Waals surface area (Å²) in [6.07, 6.45) is -0.323. The van der Waals surface area contributed by atoms with Gasteiger partial charge in [-0.05, 0) is 50.8 Å². The molecule has 0 bridgehead atoms. The van der Waals surface area contributed by atoms with Crippen LogP contribution in [-0.4, -0.2) is 64.9 Å². The maximum Gasteiger partial charge on any atom is 0.410 e. The van der Waals surface area contributed by atoms with E-state index in [9.17, 15) is 9.59 Å². The van der Waals surface area contributed by atoms with Gasteiger partial charge < -0.3 is 19.1 Å². The SMILES string of the molecule is COc1cc2nc(C(C(C)C)N3CCN(C(=O)OC(C)(C)C)CC3c3ccc(C)cc3)n(Cc3ccccc3)c(=O)c2cc1OC. The van der Waals surface area contributed by atoms with Gasteiger partial charge in [-0.2, -0.15) is 0 Å². The van der Waals surface area contributed by atoms with Crippen LogP contribution in [0.3, 0.4) is 0 Å². The van der Waals surface area contributed by atoms with E-state index < -0.39 is 5.60 Å². The Morgan fingerprint density at radius 3 is 2.22 bits per heavy atom. The fourth-order valence-electron chi connectivity index (χ4n) is 6.25. The van der Waals surface area contributed by atoms with Crippen LogP contribution in [0.5, 0.6) is 11.5 Å². The molecule has 1 aromatic heterocycles. The average molecular weight is 627 g/mol. The van der Waals surface area contributed by atoms with Crippen LogP contribution in [0, 0.1) is 12.8 Å². The van der Waals surface area contributed by atoms with Crippen LogP contribution in [0.25, 0.3) is 10.9 Å². The Morgan fingerprint density at radius 1 is 0.957 bits per heavy atom. The molecule has 1 saturated heterocycles. The summed E-state index contributed by atoms with van der Waals surface area (Å²) in [6, 6.07) is 21.5. The van der Waals surface area contributed by atoms with Crippen molar-refractivity contribution in [1.29, 1.82) is 0 Å². The number of hydrogen-bond acceptors (Lipinski definition) is 7. The molecule has 0 N–H and O–H groups in total. The van der Waals surface area contributed by atoms with Crippen molar-refractivity contribution in [3.05, 3.63) is 99.6 Å². The summed E-state index contributed by atoms with van der Waals surface area (Å²) in [5, 5.41) is 0.463. The lowest BCUT2D eigenvalue weighted by atomic mass is 9.93. The Balaban J connectivity index is 1.68. The minimum absolute atomic E-state index is 0.0764. The van der Waals surface area contributed by atoms with Crippen molar-refractivity contribution in [2.24, 2.45) is 5.92 Å². The highest BCUT2D eigenvalue weighted by atomic mass is 16.6. The number of amides is 1. The number of benzene rings is 3. The van der Waals surface area contributed by atoms with Crippen molar-refractivity contribution >= 4 is 17.0 Å². The molecule has 5 rings (SSSR count). The first-order valence-electron chi connectivity index (χ1n) is 15.9. The summed E-state index contributed by atoms with van der Waals surface area (Å²) >= 11 is 0. The third-order valence-corrected chi connectivity index (χ3v) is 8.46. The first-order valence-corrected chi connectivity index (χ1v) is 15.9. The second-order valence-corrected chi connectivity index (χ2v) is 13.4. The van der Waals surface area contributed by atoms with Gasteiger partial charge in [0.15, 0.2) is 11.5 Å². The molecule has 1 amide bonds. The highest BCUT2D eigenvalue weighted by Gasteiger charge is 2.40. The van der Waals surface area contributed by atoms with E-state index in [-0.39, 0.29) is 29.7 Å². The Hall–Kier alpha value is -4.37. The zero-order valence-corrected chi connectivity index (χ0v) is 28.2. The zero-order valence-electron chi connectivity index (χ0n) is 28.2. The average Bonchev–Trinajstić information content (AvgIpc) is 3.02. The Kier molecular flexibility index (Phi) is 9.72. The summed E-state index contributed by atoms with van der Waals surface area (Å²) in [5.41, 5.74) is 3.06. The lowest BCUT2D eigenvalue weighted by Gasteiger charge is -2.46. The fourth-order valence-corrected chi connectivity index (χ4v) is 6.25. The molecule has 2 heterocycles. The normalized spacial score (nSPS) is 16.5. The molecule has 0 radical (unpaired) electrons. The fraction of sp³-hybridized carbons (Fsp3) is 0.432. The Morgan fingerprint density at radius 2 is 1.61 bits per heavy atom. The molecule has 1 aliphatic heterocycles. The molecule has 0 aliphatic carbocycles. The van der Waals surface area contributed by atoms with Crippen LogP contribution in [0.15, 0.2) is 71.5 Å². The first-order chi connectivity index (χ1) is 21.9. The molecular weight excluding hydrogens is 580 g/mol. The van der Waals surface area contributed by atoms with Gasteiger partial charge in [0.2, 0.25) is 0 Å². The second kappa shape index (κ2) is 13.5. The van der Waals surface area contributed by atoms with E-state index >= 15 is 0 Å². The van der Waals surface area contributed by atoms with Crippen LogP contribution in [0.4, 0.5) is 4.79 Å². The van der Waals surface area contributed by atoms with E-state index in [0.717, 1.165) is 16.7 Å². The number of carbonyl (C=O) groups is 1. The van der Waals surface area contributed by atoms with Crippen LogP contribution in [0.1, 0.15) is 69.2 Å². The third-order valence-electron chi connectivity index (χ3n) is 8.46. The molecule has 0 saturated carbocycles. The van der Waals surface area contributed by atoms with Crippen LogP contribution < -0.4 is 15.0 Å². The van der Waals surface area contributed by atoms with E-state index in [0.29, 0.717) is 54.4 Å². The number of fused-ring (bicyclic) bond motifs is 1. The highest BCUT2D eigenvalue weighted by Crippen LogP contribution is 2.39. The van der Waals surface area contributed by atoms with Gasteiger partial charge in [-0.1, -0.05) is 74.0 Å². The predicted molar refractivity (Wildman–Crippen MR) is 181 cm³/mol. The first kappa shape index (κ1) is 33.0. The second-order valence-electron chi connectivity index (χ2n) is 13.4. The van der Waals surface area contributed by atoms with Crippen molar-refractivity contribution in [2.75, 3.05) is 33.9 Å². The summed E-state index contributed by atoms with van der Waals surface area (Å²) in [6.45, 7) is 13.9. The number of carbonyl (C=O) groups excluding carboxylic acids is 1. The summed E-state index contributed by atoms with van der Waals surface area (Å²) in [5.74, 6) is 1.74. The molecule has 9 nitrogen and oxygen atoms in total. The van der Waals surface area contributed by atoms with Crippen LogP contribution >= 0.6 is 0 Å². The Labute approximate surface area is 271 Å². The van der Waals surface area contributed by atoms with Crippen LogP contribution in [-0.2, 0) is 11.3 Å². The molecule has 2 unspecified atom stereocenters. The molecule has 1 fully saturated rings. The molecule has 1 aliphatic rings. The molecule has 244 valence electrons. The van der Waals surface area contributed by atoms with Gasteiger partial charge in [-0.25, -0.2) is 9.78 Å². The molecule has 46 heavy (non-hydrogen) atoms. The minimum atomic E-state index is -0.597. The maximum absolute atomic E-state index is 14.4. The minimum Gasteiger partial charge on any atom is -0.493 e. The number of hydrogen-bond donors (Lipinski definition) is 0. The molecule has 4 aromatic rings. The van der Waals surface area contributed by atoms with Gasteiger partial charge in [0.05, 0.1) is 43.8 Å². The maximum atomic E-state index is 14.4. The highest BCUT2D eigenvalue weighted by molar-refractivity contribution is 5.82.